The number of aromatic nitrogens is 2. The molecule has 0 bridgehead atoms. The van der Waals surface area contributed by atoms with E-state index >= 15 is 0 Å². The number of thioether (sulfide) groups is 1. The summed E-state index contributed by atoms with van der Waals surface area (Å²) < 4.78 is 12.3. The van der Waals surface area contributed by atoms with E-state index in [1.54, 1.807) is 11.8 Å². The highest BCUT2D eigenvalue weighted by molar-refractivity contribution is 8.01. The standard InChI is InChI=1S/C19H21N3O2S2/c1-3-23-17-7-5-4-6-16(17)20-18-21-22-19(26-18)25-13-12-24-15-10-8-14(2)9-11-15/h4-11H,3,12-13H2,1-2H3,(H,20,21). The summed E-state index contributed by atoms with van der Waals surface area (Å²) in [7, 11) is 0. The molecule has 3 aromatic rings. The Kier molecular flexibility index (Phi) is 6.74. The average molecular weight is 388 g/mol. The van der Waals surface area contributed by atoms with Gasteiger partial charge in [-0.15, -0.1) is 10.2 Å². The van der Waals surface area contributed by atoms with Gasteiger partial charge in [-0.25, -0.2) is 0 Å². The minimum atomic E-state index is 0.622. The first kappa shape index (κ1) is 18.5. The number of nitrogens with one attached hydrogen (secondary N) is 1. The predicted octanol–water partition coefficient (Wildman–Crippen LogP) is 5.16. The lowest BCUT2D eigenvalue weighted by molar-refractivity contribution is 0.342. The number of ether oxygens (including phenoxy) is 2. The second-order valence-electron chi connectivity index (χ2n) is 5.44. The number of hydrogen-bond donors (Lipinski definition) is 1. The summed E-state index contributed by atoms with van der Waals surface area (Å²) in [5.74, 6) is 2.52. The van der Waals surface area contributed by atoms with Gasteiger partial charge >= 0.3 is 0 Å². The summed E-state index contributed by atoms with van der Waals surface area (Å²) in [6, 6.07) is 15.9. The number of hydrogen-bond acceptors (Lipinski definition) is 7. The third-order valence-corrected chi connectivity index (χ3v) is 5.37. The van der Waals surface area contributed by atoms with Gasteiger partial charge in [0, 0.05) is 5.75 Å². The van der Waals surface area contributed by atoms with Crippen LogP contribution in [-0.4, -0.2) is 29.2 Å². The van der Waals surface area contributed by atoms with Crippen molar-refractivity contribution < 1.29 is 9.47 Å². The number of aryl methyl sites for hydroxylation is 1. The quantitative estimate of drug-likeness (QED) is 0.404. The van der Waals surface area contributed by atoms with Gasteiger partial charge in [-0.1, -0.05) is 52.9 Å². The predicted molar refractivity (Wildman–Crippen MR) is 108 cm³/mol. The second-order valence-corrected chi connectivity index (χ2v) is 7.76. The molecule has 0 saturated carbocycles. The smallest absolute Gasteiger partial charge is 0.210 e. The Bertz CT molecular complexity index is 822. The molecule has 5 nitrogen and oxygen atoms in total. The third-order valence-electron chi connectivity index (χ3n) is 3.43. The van der Waals surface area contributed by atoms with Gasteiger partial charge in [-0.3, -0.25) is 0 Å². The first-order chi connectivity index (χ1) is 12.7. The molecule has 3 rings (SSSR count). The number of benzene rings is 2. The van der Waals surface area contributed by atoms with Crippen molar-refractivity contribution in [2.75, 3.05) is 24.3 Å². The lowest BCUT2D eigenvalue weighted by atomic mass is 10.2. The van der Waals surface area contributed by atoms with Crippen LogP contribution in [0.5, 0.6) is 11.5 Å². The van der Waals surface area contributed by atoms with Crippen molar-refractivity contribution >= 4 is 33.9 Å². The van der Waals surface area contributed by atoms with Crippen molar-refractivity contribution in [1.29, 1.82) is 0 Å². The largest absolute Gasteiger partial charge is 0.493 e. The Morgan fingerprint density at radius 2 is 1.85 bits per heavy atom. The van der Waals surface area contributed by atoms with Crippen LogP contribution >= 0.6 is 23.1 Å². The van der Waals surface area contributed by atoms with E-state index in [4.69, 9.17) is 9.47 Å². The van der Waals surface area contributed by atoms with Gasteiger partial charge in [0.15, 0.2) is 4.34 Å². The molecule has 1 aromatic heterocycles. The van der Waals surface area contributed by atoms with Gasteiger partial charge in [0.1, 0.15) is 11.5 Å². The number of rotatable bonds is 9. The fraction of sp³-hybridized carbons (Fsp3) is 0.263. The van der Waals surface area contributed by atoms with Gasteiger partial charge < -0.3 is 14.8 Å². The van der Waals surface area contributed by atoms with E-state index < -0.39 is 0 Å². The lowest BCUT2D eigenvalue weighted by Crippen LogP contribution is -1.99. The van der Waals surface area contributed by atoms with Gasteiger partial charge in [0.25, 0.3) is 0 Å². The summed E-state index contributed by atoms with van der Waals surface area (Å²) in [6.07, 6.45) is 0. The van der Waals surface area contributed by atoms with E-state index in [0.717, 1.165) is 32.4 Å². The molecule has 2 aromatic carbocycles. The molecule has 0 spiro atoms. The molecule has 1 N–H and O–H groups in total. The Balaban J connectivity index is 1.48. The van der Waals surface area contributed by atoms with Crippen molar-refractivity contribution in [3.05, 3.63) is 54.1 Å². The Labute approximate surface area is 161 Å². The van der Waals surface area contributed by atoms with Crippen LogP contribution in [0.1, 0.15) is 12.5 Å². The molecule has 0 fully saturated rings. The molecule has 0 amide bonds. The molecule has 0 atom stereocenters. The zero-order valence-corrected chi connectivity index (χ0v) is 16.4. The fourth-order valence-electron chi connectivity index (χ4n) is 2.21. The number of anilines is 2. The molecular weight excluding hydrogens is 366 g/mol. The molecule has 0 aliphatic rings. The van der Waals surface area contributed by atoms with Crippen LogP contribution in [0.3, 0.4) is 0 Å². The maximum Gasteiger partial charge on any atom is 0.210 e. The van der Waals surface area contributed by atoms with Crippen LogP contribution in [0.15, 0.2) is 52.9 Å². The van der Waals surface area contributed by atoms with Crippen LogP contribution in [0.2, 0.25) is 0 Å². The normalized spacial score (nSPS) is 10.5. The Morgan fingerprint density at radius 3 is 2.65 bits per heavy atom. The molecule has 7 heteroatoms. The van der Waals surface area contributed by atoms with Crippen molar-refractivity contribution in [2.24, 2.45) is 0 Å². The monoisotopic (exact) mass is 387 g/mol. The van der Waals surface area contributed by atoms with E-state index in [0.29, 0.717) is 13.2 Å². The number of para-hydroxylation sites is 2. The summed E-state index contributed by atoms with van der Waals surface area (Å²) >= 11 is 3.16. The van der Waals surface area contributed by atoms with Crippen LogP contribution in [0, 0.1) is 6.92 Å². The van der Waals surface area contributed by atoms with E-state index in [1.807, 2.05) is 55.5 Å². The SMILES string of the molecule is CCOc1ccccc1Nc1nnc(SCCOc2ccc(C)cc2)s1. The molecule has 0 radical (unpaired) electrons. The van der Waals surface area contributed by atoms with Crippen LogP contribution < -0.4 is 14.8 Å². The van der Waals surface area contributed by atoms with Crippen LogP contribution in [-0.2, 0) is 0 Å². The zero-order valence-electron chi connectivity index (χ0n) is 14.8. The van der Waals surface area contributed by atoms with Crippen molar-refractivity contribution in [2.45, 2.75) is 18.2 Å². The van der Waals surface area contributed by atoms with Crippen LogP contribution in [0.25, 0.3) is 0 Å². The van der Waals surface area contributed by atoms with Gasteiger partial charge in [-0.2, -0.15) is 0 Å². The maximum atomic E-state index is 5.73. The summed E-state index contributed by atoms with van der Waals surface area (Å²) in [5.41, 5.74) is 2.12. The highest BCUT2D eigenvalue weighted by Gasteiger charge is 2.08. The van der Waals surface area contributed by atoms with Gasteiger partial charge in [0.2, 0.25) is 5.13 Å². The first-order valence-corrected chi connectivity index (χ1v) is 10.2. The molecule has 0 unspecified atom stereocenters. The van der Waals surface area contributed by atoms with Crippen molar-refractivity contribution in [1.82, 2.24) is 10.2 Å². The van der Waals surface area contributed by atoms with Crippen LogP contribution in [0.4, 0.5) is 10.8 Å². The van der Waals surface area contributed by atoms with E-state index in [9.17, 15) is 0 Å². The molecule has 0 aliphatic heterocycles. The molecule has 26 heavy (non-hydrogen) atoms. The van der Waals surface area contributed by atoms with E-state index in [1.165, 1.54) is 16.9 Å². The van der Waals surface area contributed by atoms with E-state index in [-0.39, 0.29) is 0 Å². The summed E-state index contributed by atoms with van der Waals surface area (Å²) in [5, 5.41) is 12.4. The molecule has 136 valence electrons. The van der Waals surface area contributed by atoms with Gasteiger partial charge in [-0.05, 0) is 38.1 Å². The molecule has 0 aliphatic carbocycles. The third kappa shape index (κ3) is 5.37. The maximum absolute atomic E-state index is 5.73. The highest BCUT2D eigenvalue weighted by Crippen LogP contribution is 2.31. The number of nitrogens with zero attached hydrogens (tertiary/aromatic N) is 2. The van der Waals surface area contributed by atoms with Gasteiger partial charge in [0.05, 0.1) is 18.9 Å². The topological polar surface area (TPSA) is 56.3 Å². The first-order valence-electron chi connectivity index (χ1n) is 8.39. The molecule has 0 saturated heterocycles. The molecule has 1 heterocycles. The summed E-state index contributed by atoms with van der Waals surface area (Å²) in [6.45, 7) is 5.28. The highest BCUT2D eigenvalue weighted by atomic mass is 32.2. The molecular formula is C19H21N3O2S2. The zero-order chi connectivity index (χ0) is 18.2. The minimum absolute atomic E-state index is 0.622. The Hall–Kier alpha value is -2.25. The summed E-state index contributed by atoms with van der Waals surface area (Å²) in [4.78, 5) is 0. The van der Waals surface area contributed by atoms with E-state index in [2.05, 4.69) is 22.4 Å². The second kappa shape index (κ2) is 9.45. The van der Waals surface area contributed by atoms with Crippen molar-refractivity contribution in [3.63, 3.8) is 0 Å². The average Bonchev–Trinajstić information content (AvgIpc) is 3.09. The fourth-order valence-corrected chi connectivity index (χ4v) is 3.86. The van der Waals surface area contributed by atoms with Crippen molar-refractivity contribution in [3.8, 4) is 11.5 Å². The Morgan fingerprint density at radius 1 is 1.04 bits per heavy atom. The lowest BCUT2D eigenvalue weighted by Gasteiger charge is -2.09. The minimum Gasteiger partial charge on any atom is -0.493 e.